The van der Waals surface area contributed by atoms with Gasteiger partial charge in [0.2, 0.25) is 0 Å². The van der Waals surface area contributed by atoms with Gasteiger partial charge in [0.1, 0.15) is 0 Å². The van der Waals surface area contributed by atoms with Crippen LogP contribution >= 0.6 is 24.8 Å². The van der Waals surface area contributed by atoms with Crippen molar-refractivity contribution in [3.05, 3.63) is 0 Å². The number of halogens is 2. The molecule has 0 aromatic carbocycles. The summed E-state index contributed by atoms with van der Waals surface area (Å²) in [5.41, 5.74) is 0. The van der Waals surface area contributed by atoms with Crippen LogP contribution in [0.1, 0.15) is 129 Å². The van der Waals surface area contributed by atoms with E-state index in [1.54, 1.807) is 0 Å². The van der Waals surface area contributed by atoms with Crippen molar-refractivity contribution in [3.8, 4) is 0 Å². The molecular formula is C20H44Cl2. The Labute approximate surface area is 154 Å². The maximum absolute atomic E-state index is 2.30. The average Bonchev–Trinajstić information content (AvgIpc) is 2.47. The van der Waals surface area contributed by atoms with Gasteiger partial charge in [-0.25, -0.2) is 0 Å². The fraction of sp³-hybridized carbons (Fsp3) is 1.00. The predicted octanol–water partition coefficient (Wildman–Crippen LogP) is 8.89. The van der Waals surface area contributed by atoms with Crippen molar-refractivity contribution < 1.29 is 0 Å². The van der Waals surface area contributed by atoms with Gasteiger partial charge in [-0.2, -0.15) is 0 Å². The quantitative estimate of drug-likeness (QED) is 0.228. The summed E-state index contributed by atoms with van der Waals surface area (Å²) < 4.78 is 0. The fourth-order valence-electron chi connectivity index (χ4n) is 2.97. The van der Waals surface area contributed by atoms with Crippen molar-refractivity contribution in [2.45, 2.75) is 129 Å². The van der Waals surface area contributed by atoms with E-state index in [0.29, 0.717) is 0 Å². The molecule has 0 saturated carbocycles. The van der Waals surface area contributed by atoms with Crippen LogP contribution in [-0.4, -0.2) is 0 Å². The number of hydrogen-bond acceptors (Lipinski definition) is 0. The molecule has 0 aromatic heterocycles. The molecule has 0 fully saturated rings. The largest absolute Gasteiger partial charge is 0.147 e. The van der Waals surface area contributed by atoms with E-state index in [4.69, 9.17) is 0 Å². The first kappa shape index (κ1) is 27.4. The summed E-state index contributed by atoms with van der Waals surface area (Å²) in [6, 6.07) is 0. The SMILES string of the molecule is CCCCCCCCCCCCCCCCCCCC.Cl.Cl. The monoisotopic (exact) mass is 354 g/mol. The lowest BCUT2D eigenvalue weighted by Gasteiger charge is -2.03. The zero-order valence-electron chi connectivity index (χ0n) is 15.5. The first-order valence-electron chi connectivity index (χ1n) is 9.91. The average molecular weight is 355 g/mol. The van der Waals surface area contributed by atoms with Crippen molar-refractivity contribution in [1.82, 2.24) is 0 Å². The van der Waals surface area contributed by atoms with Gasteiger partial charge in [0.05, 0.1) is 0 Å². The van der Waals surface area contributed by atoms with Crippen LogP contribution in [0.15, 0.2) is 0 Å². The number of rotatable bonds is 17. The highest BCUT2D eigenvalue weighted by atomic mass is 35.5. The van der Waals surface area contributed by atoms with Gasteiger partial charge in [-0.1, -0.05) is 129 Å². The highest BCUT2D eigenvalue weighted by Crippen LogP contribution is 2.14. The molecule has 0 nitrogen and oxygen atoms in total. The van der Waals surface area contributed by atoms with E-state index in [-0.39, 0.29) is 24.8 Å². The summed E-state index contributed by atoms with van der Waals surface area (Å²) in [6.07, 6.45) is 26.4. The molecule has 0 saturated heterocycles. The van der Waals surface area contributed by atoms with Crippen LogP contribution in [-0.2, 0) is 0 Å². The van der Waals surface area contributed by atoms with Crippen molar-refractivity contribution in [1.29, 1.82) is 0 Å². The lowest BCUT2D eigenvalue weighted by Crippen LogP contribution is -1.83. The van der Waals surface area contributed by atoms with E-state index < -0.39 is 0 Å². The van der Waals surface area contributed by atoms with Gasteiger partial charge >= 0.3 is 0 Å². The van der Waals surface area contributed by atoms with Gasteiger partial charge in [-0.15, -0.1) is 24.8 Å². The molecule has 2 heteroatoms. The Morgan fingerprint density at radius 2 is 0.409 bits per heavy atom. The third kappa shape index (κ3) is 25.5. The Balaban J connectivity index is -0.00000180. The molecule has 0 bridgehead atoms. The molecule has 22 heavy (non-hydrogen) atoms. The molecule has 0 radical (unpaired) electrons. The number of hydrogen-bond donors (Lipinski definition) is 0. The van der Waals surface area contributed by atoms with E-state index in [1.807, 2.05) is 0 Å². The molecule has 0 aliphatic heterocycles. The fourth-order valence-corrected chi connectivity index (χ4v) is 2.97. The van der Waals surface area contributed by atoms with Crippen molar-refractivity contribution in [2.75, 3.05) is 0 Å². The van der Waals surface area contributed by atoms with Crippen molar-refractivity contribution >= 4 is 24.8 Å². The highest BCUT2D eigenvalue weighted by Gasteiger charge is 1.94. The second kappa shape index (κ2) is 26.5. The molecule has 0 aliphatic carbocycles. The van der Waals surface area contributed by atoms with Gasteiger partial charge in [0.25, 0.3) is 0 Å². The summed E-state index contributed by atoms with van der Waals surface area (Å²) in [6.45, 7) is 4.59. The molecule has 0 aromatic rings. The summed E-state index contributed by atoms with van der Waals surface area (Å²) in [4.78, 5) is 0. The standard InChI is InChI=1S/C20H42.2ClH/c1-3-5-7-9-11-13-15-17-19-20-18-16-14-12-10-8-6-4-2;;/h3-20H2,1-2H3;2*1H. The first-order valence-corrected chi connectivity index (χ1v) is 9.91. The third-order valence-electron chi connectivity index (χ3n) is 4.46. The first-order chi connectivity index (χ1) is 9.91. The lowest BCUT2D eigenvalue weighted by atomic mass is 10.0. The molecule has 0 heterocycles. The van der Waals surface area contributed by atoms with E-state index in [2.05, 4.69) is 13.8 Å². The van der Waals surface area contributed by atoms with E-state index in [1.165, 1.54) is 116 Å². The Kier molecular flexibility index (Phi) is 33.0. The summed E-state index contributed by atoms with van der Waals surface area (Å²) in [5.74, 6) is 0. The lowest BCUT2D eigenvalue weighted by molar-refractivity contribution is 0.526. The second-order valence-corrected chi connectivity index (χ2v) is 6.66. The molecule has 0 rings (SSSR count). The molecule has 0 unspecified atom stereocenters. The van der Waals surface area contributed by atoms with Crippen LogP contribution in [0.4, 0.5) is 0 Å². The summed E-state index contributed by atoms with van der Waals surface area (Å²) >= 11 is 0. The van der Waals surface area contributed by atoms with Crippen LogP contribution < -0.4 is 0 Å². The molecule has 0 amide bonds. The molecule has 138 valence electrons. The third-order valence-corrected chi connectivity index (χ3v) is 4.46. The Morgan fingerprint density at radius 1 is 0.273 bits per heavy atom. The topological polar surface area (TPSA) is 0 Å². The molecular weight excluding hydrogens is 311 g/mol. The smallest absolute Gasteiger partial charge is 0.0533 e. The highest BCUT2D eigenvalue weighted by molar-refractivity contribution is 5.85. The summed E-state index contributed by atoms with van der Waals surface area (Å²) in [7, 11) is 0. The molecule has 0 spiro atoms. The Bertz CT molecular complexity index is 142. The Morgan fingerprint density at radius 3 is 0.545 bits per heavy atom. The van der Waals surface area contributed by atoms with Crippen LogP contribution in [0, 0.1) is 0 Å². The minimum atomic E-state index is 0. The van der Waals surface area contributed by atoms with Crippen LogP contribution in [0.3, 0.4) is 0 Å². The van der Waals surface area contributed by atoms with Crippen LogP contribution in [0.2, 0.25) is 0 Å². The maximum Gasteiger partial charge on any atom is -0.0533 e. The molecule has 0 aliphatic rings. The maximum atomic E-state index is 2.30. The van der Waals surface area contributed by atoms with E-state index in [0.717, 1.165) is 0 Å². The summed E-state index contributed by atoms with van der Waals surface area (Å²) in [5, 5.41) is 0. The van der Waals surface area contributed by atoms with Gasteiger partial charge in [-0.3, -0.25) is 0 Å². The Hall–Kier alpha value is 0.580. The van der Waals surface area contributed by atoms with E-state index in [9.17, 15) is 0 Å². The van der Waals surface area contributed by atoms with Gasteiger partial charge in [0.15, 0.2) is 0 Å². The van der Waals surface area contributed by atoms with Gasteiger partial charge < -0.3 is 0 Å². The molecule has 0 N–H and O–H groups in total. The predicted molar refractivity (Wildman–Crippen MR) is 109 cm³/mol. The van der Waals surface area contributed by atoms with Gasteiger partial charge in [0, 0.05) is 0 Å². The van der Waals surface area contributed by atoms with Crippen molar-refractivity contribution in [3.63, 3.8) is 0 Å². The van der Waals surface area contributed by atoms with Gasteiger partial charge in [-0.05, 0) is 0 Å². The van der Waals surface area contributed by atoms with Crippen molar-refractivity contribution in [2.24, 2.45) is 0 Å². The zero-order chi connectivity index (χ0) is 14.7. The van der Waals surface area contributed by atoms with Crippen LogP contribution in [0.25, 0.3) is 0 Å². The normalized spacial score (nSPS) is 10.1. The van der Waals surface area contributed by atoms with Crippen LogP contribution in [0.5, 0.6) is 0 Å². The second-order valence-electron chi connectivity index (χ2n) is 6.66. The zero-order valence-corrected chi connectivity index (χ0v) is 17.2. The minimum Gasteiger partial charge on any atom is -0.147 e. The number of unbranched alkanes of at least 4 members (excludes halogenated alkanes) is 17. The van der Waals surface area contributed by atoms with E-state index >= 15 is 0 Å². The molecule has 0 atom stereocenters. The minimum absolute atomic E-state index is 0.